The van der Waals surface area contributed by atoms with Crippen LogP contribution < -0.4 is 10.2 Å². The third-order valence-electron chi connectivity index (χ3n) is 4.21. The van der Waals surface area contributed by atoms with E-state index in [1.807, 2.05) is 27.1 Å². The molecule has 1 unspecified atom stereocenters. The van der Waals surface area contributed by atoms with Crippen LogP contribution in [0.2, 0.25) is 0 Å². The number of nitrogens with zero attached hydrogens (tertiary/aromatic N) is 3. The molecule has 1 aromatic rings. The molecule has 1 aliphatic heterocycles. The van der Waals surface area contributed by atoms with E-state index in [4.69, 9.17) is 0 Å². The summed E-state index contributed by atoms with van der Waals surface area (Å²) < 4.78 is 0. The molecule has 100 valence electrons. The number of aromatic nitrogens is 2. The second kappa shape index (κ2) is 5.65. The Hall–Kier alpha value is -1.16. The molecular formula is C14H24N4. The van der Waals surface area contributed by atoms with Crippen LogP contribution in [0.25, 0.3) is 0 Å². The first kappa shape index (κ1) is 13.3. The predicted molar refractivity (Wildman–Crippen MR) is 75.0 cm³/mol. The quantitative estimate of drug-likeness (QED) is 0.887. The van der Waals surface area contributed by atoms with Crippen LogP contribution in [0.3, 0.4) is 0 Å². The normalized spacial score (nSPS) is 19.0. The van der Waals surface area contributed by atoms with Crippen molar-refractivity contribution in [3.63, 3.8) is 0 Å². The van der Waals surface area contributed by atoms with Crippen LogP contribution in [-0.2, 0) is 0 Å². The molecule has 1 aromatic heterocycles. The van der Waals surface area contributed by atoms with Gasteiger partial charge in [0.25, 0.3) is 0 Å². The first-order chi connectivity index (χ1) is 8.61. The molecule has 1 N–H and O–H groups in total. The number of nitrogens with one attached hydrogen (secondary N) is 1. The van der Waals surface area contributed by atoms with E-state index in [-0.39, 0.29) is 0 Å². The van der Waals surface area contributed by atoms with Gasteiger partial charge in [0, 0.05) is 19.1 Å². The molecule has 1 fully saturated rings. The summed E-state index contributed by atoms with van der Waals surface area (Å²) in [6.07, 6.45) is 4.37. The standard InChI is InChI=1S/C14H24N4/c1-10-11(2)17-14(9-16-10)18-7-5-13(6-8-18)12(3)15-4/h9,12-13,15H,5-8H2,1-4H3. The lowest BCUT2D eigenvalue weighted by molar-refractivity contribution is 0.323. The van der Waals surface area contributed by atoms with Gasteiger partial charge in [-0.1, -0.05) is 0 Å². The van der Waals surface area contributed by atoms with Gasteiger partial charge in [0.05, 0.1) is 17.6 Å². The zero-order chi connectivity index (χ0) is 13.1. The van der Waals surface area contributed by atoms with E-state index in [2.05, 4.69) is 27.1 Å². The highest BCUT2D eigenvalue weighted by atomic mass is 15.2. The van der Waals surface area contributed by atoms with Crippen molar-refractivity contribution in [3.8, 4) is 0 Å². The van der Waals surface area contributed by atoms with Gasteiger partial charge in [-0.2, -0.15) is 0 Å². The van der Waals surface area contributed by atoms with E-state index in [9.17, 15) is 0 Å². The van der Waals surface area contributed by atoms with E-state index in [0.717, 1.165) is 36.2 Å². The second-order valence-electron chi connectivity index (χ2n) is 5.30. The van der Waals surface area contributed by atoms with Gasteiger partial charge in [-0.3, -0.25) is 4.98 Å². The molecule has 4 heteroatoms. The molecule has 0 spiro atoms. The summed E-state index contributed by atoms with van der Waals surface area (Å²) in [5, 5.41) is 3.36. The minimum atomic E-state index is 0.609. The summed E-state index contributed by atoms with van der Waals surface area (Å²) >= 11 is 0. The second-order valence-corrected chi connectivity index (χ2v) is 5.30. The molecule has 2 heterocycles. The maximum atomic E-state index is 4.63. The number of piperidine rings is 1. The number of hydrogen-bond acceptors (Lipinski definition) is 4. The molecule has 18 heavy (non-hydrogen) atoms. The fraction of sp³-hybridized carbons (Fsp3) is 0.714. The lowest BCUT2D eigenvalue weighted by atomic mass is 9.90. The third-order valence-corrected chi connectivity index (χ3v) is 4.21. The van der Waals surface area contributed by atoms with Crippen molar-refractivity contribution in [2.45, 2.75) is 39.7 Å². The first-order valence-corrected chi connectivity index (χ1v) is 6.84. The van der Waals surface area contributed by atoms with E-state index in [0.29, 0.717) is 6.04 Å². The van der Waals surface area contributed by atoms with Crippen molar-refractivity contribution < 1.29 is 0 Å². The third kappa shape index (κ3) is 2.80. The van der Waals surface area contributed by atoms with Crippen molar-refractivity contribution in [2.75, 3.05) is 25.0 Å². The van der Waals surface area contributed by atoms with Crippen LogP contribution in [0, 0.1) is 19.8 Å². The molecule has 1 aliphatic rings. The SMILES string of the molecule is CNC(C)C1CCN(c2cnc(C)c(C)n2)CC1. The minimum absolute atomic E-state index is 0.609. The van der Waals surface area contributed by atoms with E-state index in [1.54, 1.807) is 0 Å². The van der Waals surface area contributed by atoms with Crippen molar-refractivity contribution >= 4 is 5.82 Å². The van der Waals surface area contributed by atoms with Crippen LogP contribution in [0.15, 0.2) is 6.20 Å². The van der Waals surface area contributed by atoms with E-state index >= 15 is 0 Å². The van der Waals surface area contributed by atoms with Gasteiger partial charge in [-0.05, 0) is 46.6 Å². The molecule has 4 nitrogen and oxygen atoms in total. The molecule has 0 amide bonds. The highest BCUT2D eigenvalue weighted by Crippen LogP contribution is 2.24. The maximum absolute atomic E-state index is 4.63. The topological polar surface area (TPSA) is 41.0 Å². The fourth-order valence-electron chi connectivity index (χ4n) is 2.55. The van der Waals surface area contributed by atoms with Crippen molar-refractivity contribution in [2.24, 2.45) is 5.92 Å². The molecule has 0 aromatic carbocycles. The average molecular weight is 248 g/mol. The van der Waals surface area contributed by atoms with Gasteiger partial charge < -0.3 is 10.2 Å². The summed E-state index contributed by atoms with van der Waals surface area (Å²) in [6, 6.07) is 0.609. The van der Waals surface area contributed by atoms with Gasteiger partial charge in [-0.25, -0.2) is 4.98 Å². The first-order valence-electron chi connectivity index (χ1n) is 6.84. The van der Waals surface area contributed by atoms with Gasteiger partial charge in [0.1, 0.15) is 5.82 Å². The Labute approximate surface area is 110 Å². The summed E-state index contributed by atoms with van der Waals surface area (Å²) in [6.45, 7) is 8.49. The minimum Gasteiger partial charge on any atom is -0.355 e. The molecule has 2 rings (SSSR count). The average Bonchev–Trinajstić information content (AvgIpc) is 2.41. The van der Waals surface area contributed by atoms with Gasteiger partial charge >= 0.3 is 0 Å². The number of anilines is 1. The predicted octanol–water partition coefficient (Wildman–Crippen LogP) is 1.92. The summed E-state index contributed by atoms with van der Waals surface area (Å²) in [5.74, 6) is 1.82. The van der Waals surface area contributed by atoms with Crippen molar-refractivity contribution in [1.29, 1.82) is 0 Å². The Morgan fingerprint density at radius 2 is 1.94 bits per heavy atom. The lowest BCUT2D eigenvalue weighted by Crippen LogP contribution is -2.41. The molecule has 0 saturated carbocycles. The summed E-state index contributed by atoms with van der Waals surface area (Å²) in [7, 11) is 2.05. The highest BCUT2D eigenvalue weighted by molar-refractivity contribution is 5.38. The smallest absolute Gasteiger partial charge is 0.147 e. The fourth-order valence-corrected chi connectivity index (χ4v) is 2.55. The van der Waals surface area contributed by atoms with Gasteiger partial charge in [0.2, 0.25) is 0 Å². The Kier molecular flexibility index (Phi) is 4.17. The molecule has 0 bridgehead atoms. The lowest BCUT2D eigenvalue weighted by Gasteiger charge is -2.35. The maximum Gasteiger partial charge on any atom is 0.147 e. The highest BCUT2D eigenvalue weighted by Gasteiger charge is 2.23. The van der Waals surface area contributed by atoms with Crippen molar-refractivity contribution in [1.82, 2.24) is 15.3 Å². The van der Waals surface area contributed by atoms with Gasteiger partial charge in [0.15, 0.2) is 0 Å². The van der Waals surface area contributed by atoms with Crippen LogP contribution in [0.1, 0.15) is 31.2 Å². The van der Waals surface area contributed by atoms with E-state index in [1.165, 1.54) is 12.8 Å². The van der Waals surface area contributed by atoms with Crippen LogP contribution in [-0.4, -0.2) is 36.1 Å². The van der Waals surface area contributed by atoms with Crippen LogP contribution in [0.4, 0.5) is 5.82 Å². The monoisotopic (exact) mass is 248 g/mol. The van der Waals surface area contributed by atoms with Crippen molar-refractivity contribution in [3.05, 3.63) is 17.6 Å². The Balaban J connectivity index is 1.99. The molecule has 1 saturated heterocycles. The summed E-state index contributed by atoms with van der Waals surface area (Å²) in [5.41, 5.74) is 2.07. The Morgan fingerprint density at radius 1 is 1.28 bits per heavy atom. The van der Waals surface area contributed by atoms with Crippen LogP contribution in [0.5, 0.6) is 0 Å². The largest absolute Gasteiger partial charge is 0.355 e. The molecular weight excluding hydrogens is 224 g/mol. The zero-order valence-corrected chi connectivity index (χ0v) is 11.9. The zero-order valence-electron chi connectivity index (χ0n) is 11.9. The van der Waals surface area contributed by atoms with Crippen LogP contribution >= 0.6 is 0 Å². The Bertz CT molecular complexity index is 397. The number of rotatable bonds is 3. The van der Waals surface area contributed by atoms with Gasteiger partial charge in [-0.15, -0.1) is 0 Å². The van der Waals surface area contributed by atoms with E-state index < -0.39 is 0 Å². The number of hydrogen-bond donors (Lipinski definition) is 1. The molecule has 1 atom stereocenters. The summed E-state index contributed by atoms with van der Waals surface area (Å²) in [4.78, 5) is 11.4. The molecule has 0 aliphatic carbocycles. The molecule has 0 radical (unpaired) electrons. The Morgan fingerprint density at radius 3 is 2.50 bits per heavy atom. The number of aryl methyl sites for hydroxylation is 2.